The van der Waals surface area contributed by atoms with Crippen LogP contribution in [0, 0.1) is 0 Å². The molecule has 0 aliphatic heterocycles. The molecule has 0 unspecified atom stereocenters. The maximum Gasteiger partial charge on any atom is 0.205 e. The van der Waals surface area contributed by atoms with Gasteiger partial charge in [-0.2, -0.15) is 0 Å². The molecule has 0 spiro atoms. The van der Waals surface area contributed by atoms with Crippen LogP contribution in [0.15, 0.2) is 30.0 Å². The third-order valence-electron chi connectivity index (χ3n) is 3.17. The summed E-state index contributed by atoms with van der Waals surface area (Å²) in [6.45, 7) is 6.31. The van der Waals surface area contributed by atoms with Crippen molar-refractivity contribution >= 4 is 11.6 Å². The zero-order valence-electron chi connectivity index (χ0n) is 10.9. The van der Waals surface area contributed by atoms with E-state index in [2.05, 4.69) is 9.88 Å². The first-order valence-electron chi connectivity index (χ1n) is 6.14. The monoisotopic (exact) mass is 307 g/mol. The average molecular weight is 308 g/mol. The van der Waals surface area contributed by atoms with Crippen LogP contribution in [0.3, 0.4) is 0 Å². The van der Waals surface area contributed by atoms with Crippen molar-refractivity contribution in [2.24, 2.45) is 0 Å². The van der Waals surface area contributed by atoms with E-state index in [1.165, 1.54) is 12.3 Å². The zero-order valence-corrected chi connectivity index (χ0v) is 11.9. The third kappa shape index (κ3) is 3.18. The molecule has 1 aromatic heterocycles. The number of fused-ring (bicyclic) bond motifs is 1. The summed E-state index contributed by atoms with van der Waals surface area (Å²) in [5, 5.41) is 0. The Hall–Kier alpha value is -1.29. The molecule has 0 N–H and O–H groups in total. The summed E-state index contributed by atoms with van der Waals surface area (Å²) in [6.07, 6.45) is 2.96. The Bertz CT molecular complexity index is 522. The van der Waals surface area contributed by atoms with Crippen LogP contribution in [0.5, 0.6) is 0 Å². The van der Waals surface area contributed by atoms with Gasteiger partial charge in [-0.05, 0) is 31.3 Å². The zero-order chi connectivity index (χ0) is 13.1. The number of ketones is 2. The van der Waals surface area contributed by atoms with Crippen LogP contribution < -0.4 is 0 Å². The number of carbonyl (C=O) groups excluding carboxylic acids is 2. The molecular formula is C14H16CuN2O2. The smallest absolute Gasteiger partial charge is 0.205 e. The molecule has 0 saturated carbocycles. The van der Waals surface area contributed by atoms with Crippen molar-refractivity contribution in [3.8, 4) is 0 Å². The number of allylic oxidation sites excluding steroid dienone is 1. The summed E-state index contributed by atoms with van der Waals surface area (Å²) in [6, 6.07) is 3.35. The van der Waals surface area contributed by atoms with Gasteiger partial charge in [0.15, 0.2) is 5.78 Å². The minimum absolute atomic E-state index is 0. The van der Waals surface area contributed by atoms with E-state index in [0.717, 1.165) is 13.1 Å². The number of Topliss-reactive ketones (excluding diaryl/α,β-unsaturated/α-hetero) is 1. The van der Waals surface area contributed by atoms with Gasteiger partial charge in [0.05, 0.1) is 5.56 Å². The van der Waals surface area contributed by atoms with E-state index in [9.17, 15) is 9.59 Å². The van der Waals surface area contributed by atoms with Crippen LogP contribution in [0.4, 0.5) is 0 Å². The van der Waals surface area contributed by atoms with Gasteiger partial charge in [-0.15, -0.1) is 0 Å². The Morgan fingerprint density at radius 3 is 2.53 bits per heavy atom. The van der Waals surface area contributed by atoms with Crippen molar-refractivity contribution in [3.05, 3.63) is 41.2 Å². The van der Waals surface area contributed by atoms with Crippen molar-refractivity contribution in [3.63, 3.8) is 0 Å². The normalized spacial score (nSPS) is 13.9. The second kappa shape index (κ2) is 6.75. The molecule has 19 heavy (non-hydrogen) atoms. The molecule has 1 heterocycles. The van der Waals surface area contributed by atoms with Gasteiger partial charge in [-0.25, -0.2) is 0 Å². The van der Waals surface area contributed by atoms with Crippen LogP contribution >= 0.6 is 0 Å². The first kappa shape index (κ1) is 15.8. The summed E-state index contributed by atoms with van der Waals surface area (Å²) in [5.41, 5.74) is 1.25. The maximum absolute atomic E-state index is 12.2. The fraction of sp³-hybridized carbons (Fsp3) is 0.357. The molecule has 0 bridgehead atoms. The first-order chi connectivity index (χ1) is 8.67. The molecule has 1 radical (unpaired) electrons. The van der Waals surface area contributed by atoms with Crippen LogP contribution in [0.2, 0.25) is 0 Å². The number of pyridine rings is 1. The van der Waals surface area contributed by atoms with E-state index in [1.54, 1.807) is 12.1 Å². The summed E-state index contributed by atoms with van der Waals surface area (Å²) in [5.74, 6) is -0.253. The number of aromatic nitrogens is 1. The number of rotatable bonds is 4. The fourth-order valence-electron chi connectivity index (χ4n) is 2.06. The Morgan fingerprint density at radius 2 is 1.89 bits per heavy atom. The summed E-state index contributed by atoms with van der Waals surface area (Å²) in [7, 11) is 0. The molecule has 0 fully saturated rings. The minimum atomic E-state index is -0.174. The van der Waals surface area contributed by atoms with Crippen LogP contribution in [-0.4, -0.2) is 41.1 Å². The van der Waals surface area contributed by atoms with Gasteiger partial charge in [0.25, 0.3) is 0 Å². The van der Waals surface area contributed by atoms with Crippen molar-refractivity contribution in [2.75, 3.05) is 19.6 Å². The molecule has 0 amide bonds. The molecule has 1 aliphatic carbocycles. The molecule has 2 rings (SSSR count). The van der Waals surface area contributed by atoms with Gasteiger partial charge in [-0.1, -0.05) is 13.8 Å². The quantitative estimate of drug-likeness (QED) is 0.795. The van der Waals surface area contributed by atoms with Gasteiger partial charge < -0.3 is 0 Å². The fourth-order valence-corrected chi connectivity index (χ4v) is 2.06. The van der Waals surface area contributed by atoms with Crippen molar-refractivity contribution in [1.29, 1.82) is 0 Å². The largest absolute Gasteiger partial charge is 0.299 e. The van der Waals surface area contributed by atoms with E-state index < -0.39 is 0 Å². The van der Waals surface area contributed by atoms with E-state index in [4.69, 9.17) is 0 Å². The predicted molar refractivity (Wildman–Crippen MR) is 68.8 cm³/mol. The van der Waals surface area contributed by atoms with Crippen LogP contribution in [0.1, 0.15) is 34.7 Å². The minimum Gasteiger partial charge on any atom is -0.299 e. The van der Waals surface area contributed by atoms with Gasteiger partial charge in [0.2, 0.25) is 5.78 Å². The Kier molecular flexibility index (Phi) is 5.60. The SMILES string of the molecule is CCN(CC)CC1=CC(=O)c2ncccc2C1=O.[Cu]. The second-order valence-corrected chi connectivity index (χ2v) is 4.22. The molecule has 105 valence electrons. The van der Waals surface area contributed by atoms with E-state index in [1.807, 2.05) is 13.8 Å². The molecule has 0 saturated heterocycles. The number of likely N-dealkylation sites (N-methyl/N-ethyl adjacent to an activating group) is 1. The van der Waals surface area contributed by atoms with Gasteiger partial charge in [0.1, 0.15) is 5.69 Å². The average Bonchev–Trinajstić information content (AvgIpc) is 2.41. The van der Waals surface area contributed by atoms with Crippen LogP contribution in [-0.2, 0) is 17.1 Å². The summed E-state index contributed by atoms with van der Waals surface area (Å²) >= 11 is 0. The second-order valence-electron chi connectivity index (χ2n) is 4.22. The molecular weight excluding hydrogens is 292 g/mol. The van der Waals surface area contributed by atoms with Gasteiger partial charge in [0, 0.05) is 35.4 Å². The number of nitrogens with zero attached hydrogens (tertiary/aromatic N) is 2. The standard InChI is InChI=1S/C14H16N2O2.Cu/c1-3-16(4-2)9-10-8-12(17)13-11(14(10)18)6-5-7-15-13;/h5-8H,3-4,9H2,1-2H3;. The number of hydrogen-bond donors (Lipinski definition) is 0. The van der Waals surface area contributed by atoms with E-state index in [0.29, 0.717) is 17.7 Å². The van der Waals surface area contributed by atoms with Crippen molar-refractivity contribution in [1.82, 2.24) is 9.88 Å². The summed E-state index contributed by atoms with van der Waals surface area (Å²) < 4.78 is 0. The number of carbonyl (C=O) groups is 2. The first-order valence-corrected chi connectivity index (χ1v) is 6.14. The molecule has 5 heteroatoms. The number of hydrogen-bond acceptors (Lipinski definition) is 4. The van der Waals surface area contributed by atoms with Gasteiger partial charge >= 0.3 is 0 Å². The molecule has 4 nitrogen and oxygen atoms in total. The van der Waals surface area contributed by atoms with Crippen molar-refractivity contribution in [2.45, 2.75) is 13.8 Å². The van der Waals surface area contributed by atoms with Gasteiger partial charge in [-0.3, -0.25) is 19.5 Å². The third-order valence-corrected chi connectivity index (χ3v) is 3.17. The Balaban J connectivity index is 0.00000180. The summed E-state index contributed by atoms with van der Waals surface area (Å²) in [4.78, 5) is 30.2. The molecule has 1 aromatic rings. The Labute approximate surface area is 123 Å². The van der Waals surface area contributed by atoms with Crippen molar-refractivity contribution < 1.29 is 26.7 Å². The maximum atomic E-state index is 12.2. The van der Waals surface area contributed by atoms with E-state index in [-0.39, 0.29) is 34.3 Å². The van der Waals surface area contributed by atoms with E-state index >= 15 is 0 Å². The molecule has 0 atom stereocenters. The molecule has 1 aliphatic rings. The Morgan fingerprint density at radius 1 is 1.21 bits per heavy atom. The molecule has 0 aromatic carbocycles. The topological polar surface area (TPSA) is 50.3 Å². The van der Waals surface area contributed by atoms with Crippen LogP contribution in [0.25, 0.3) is 0 Å². The predicted octanol–water partition coefficient (Wildman–Crippen LogP) is 1.73.